The molecule has 0 aliphatic rings. The van der Waals surface area contributed by atoms with Crippen LogP contribution in [-0.4, -0.2) is 33.0 Å². The Balaban J connectivity index is 2.06. The second kappa shape index (κ2) is 8.03. The number of hydrogen-bond acceptors (Lipinski definition) is 8. The van der Waals surface area contributed by atoms with E-state index in [1.807, 2.05) is 0 Å². The zero-order valence-corrected chi connectivity index (χ0v) is 16.9. The van der Waals surface area contributed by atoms with Crippen LogP contribution in [0.2, 0.25) is 0 Å². The SMILES string of the molecule is COc1nc(-c2cnc(NC(C)=O)cc2Nc2cc(C)nc(C(C)(F)F)n2)cs1. The number of carbonyl (C=O) groups excluding carboxylic acids is 1. The van der Waals surface area contributed by atoms with Gasteiger partial charge in [-0.1, -0.05) is 11.3 Å². The first kappa shape index (κ1) is 20.5. The Morgan fingerprint density at radius 3 is 2.59 bits per heavy atom. The zero-order valence-electron chi connectivity index (χ0n) is 16.1. The summed E-state index contributed by atoms with van der Waals surface area (Å²) < 4.78 is 32.6. The second-order valence-corrected chi connectivity index (χ2v) is 7.05. The number of aryl methyl sites for hydroxylation is 1. The van der Waals surface area contributed by atoms with Gasteiger partial charge in [-0.05, 0) is 6.92 Å². The van der Waals surface area contributed by atoms with Crippen LogP contribution < -0.4 is 15.4 Å². The van der Waals surface area contributed by atoms with Gasteiger partial charge in [0, 0.05) is 48.8 Å². The van der Waals surface area contributed by atoms with E-state index in [0.29, 0.717) is 27.8 Å². The fraction of sp³-hybridized carbons (Fsp3) is 0.278. The van der Waals surface area contributed by atoms with Crippen LogP contribution >= 0.6 is 11.3 Å². The number of rotatable bonds is 6. The third kappa shape index (κ3) is 4.99. The van der Waals surface area contributed by atoms with Crippen molar-refractivity contribution >= 4 is 34.6 Å². The van der Waals surface area contributed by atoms with Crippen molar-refractivity contribution in [3.8, 4) is 16.5 Å². The molecule has 3 aromatic rings. The van der Waals surface area contributed by atoms with Crippen LogP contribution in [0.5, 0.6) is 5.19 Å². The molecule has 0 bridgehead atoms. The number of carbonyl (C=O) groups is 1. The molecule has 0 fully saturated rings. The summed E-state index contributed by atoms with van der Waals surface area (Å²) in [5, 5.41) is 7.84. The Labute approximate surface area is 169 Å². The number of methoxy groups -OCH3 is 1. The second-order valence-electron chi connectivity index (χ2n) is 6.23. The number of pyridine rings is 1. The van der Waals surface area contributed by atoms with Gasteiger partial charge in [0.2, 0.25) is 11.7 Å². The Bertz CT molecular complexity index is 1050. The number of nitrogens with zero attached hydrogens (tertiary/aromatic N) is 4. The summed E-state index contributed by atoms with van der Waals surface area (Å²) >= 11 is 1.30. The summed E-state index contributed by atoms with van der Waals surface area (Å²) in [6.45, 7) is 3.70. The molecule has 0 aliphatic carbocycles. The first-order valence-electron chi connectivity index (χ1n) is 8.44. The quantitative estimate of drug-likeness (QED) is 0.618. The van der Waals surface area contributed by atoms with E-state index in [2.05, 4.69) is 30.6 Å². The molecule has 0 spiro atoms. The Morgan fingerprint density at radius 2 is 1.97 bits per heavy atom. The molecule has 29 heavy (non-hydrogen) atoms. The van der Waals surface area contributed by atoms with Crippen LogP contribution in [0.3, 0.4) is 0 Å². The number of hydrogen-bond donors (Lipinski definition) is 2. The number of aromatic nitrogens is 4. The summed E-state index contributed by atoms with van der Waals surface area (Å²) in [7, 11) is 1.51. The maximum absolute atomic E-state index is 13.7. The third-order valence-electron chi connectivity index (χ3n) is 3.65. The minimum atomic E-state index is -3.19. The Kier molecular flexibility index (Phi) is 5.69. The minimum Gasteiger partial charge on any atom is -0.473 e. The molecule has 3 rings (SSSR count). The molecule has 1 amide bonds. The van der Waals surface area contributed by atoms with E-state index in [-0.39, 0.29) is 17.5 Å². The summed E-state index contributed by atoms with van der Waals surface area (Å²) in [6.07, 6.45) is 1.52. The molecule has 0 radical (unpaired) electrons. The van der Waals surface area contributed by atoms with E-state index in [1.165, 1.54) is 31.6 Å². The van der Waals surface area contributed by atoms with Crippen molar-refractivity contribution < 1.29 is 18.3 Å². The van der Waals surface area contributed by atoms with Gasteiger partial charge in [0.25, 0.3) is 5.19 Å². The van der Waals surface area contributed by atoms with Crippen LogP contribution in [0.1, 0.15) is 25.4 Å². The molecule has 11 heteroatoms. The first-order valence-corrected chi connectivity index (χ1v) is 9.32. The summed E-state index contributed by atoms with van der Waals surface area (Å²) in [4.78, 5) is 27.7. The van der Waals surface area contributed by atoms with Crippen molar-refractivity contribution in [2.45, 2.75) is 26.7 Å². The molecule has 3 aromatic heterocycles. The van der Waals surface area contributed by atoms with Crippen LogP contribution in [0, 0.1) is 6.92 Å². The highest BCUT2D eigenvalue weighted by Gasteiger charge is 2.29. The van der Waals surface area contributed by atoms with Gasteiger partial charge in [0.1, 0.15) is 11.6 Å². The third-order valence-corrected chi connectivity index (χ3v) is 4.45. The van der Waals surface area contributed by atoms with Gasteiger partial charge in [-0.3, -0.25) is 4.79 Å². The number of ether oxygens (including phenoxy) is 1. The molecule has 0 atom stereocenters. The lowest BCUT2D eigenvalue weighted by Crippen LogP contribution is -2.14. The van der Waals surface area contributed by atoms with E-state index < -0.39 is 11.7 Å². The molecule has 3 heterocycles. The molecule has 152 valence electrons. The van der Waals surface area contributed by atoms with Crippen molar-refractivity contribution in [2.24, 2.45) is 0 Å². The van der Waals surface area contributed by atoms with E-state index in [4.69, 9.17) is 4.74 Å². The topological polar surface area (TPSA) is 102 Å². The number of amides is 1. The van der Waals surface area contributed by atoms with Gasteiger partial charge >= 0.3 is 5.92 Å². The number of nitrogens with one attached hydrogen (secondary N) is 2. The molecule has 0 saturated heterocycles. The normalized spacial score (nSPS) is 11.2. The maximum Gasteiger partial charge on any atom is 0.303 e. The minimum absolute atomic E-state index is 0.178. The van der Waals surface area contributed by atoms with Gasteiger partial charge in [0.05, 0.1) is 18.5 Å². The van der Waals surface area contributed by atoms with Crippen molar-refractivity contribution in [1.82, 2.24) is 19.9 Å². The predicted octanol–water partition coefficient (Wildman–Crippen LogP) is 4.13. The highest BCUT2D eigenvalue weighted by atomic mass is 32.1. The van der Waals surface area contributed by atoms with Gasteiger partial charge in [-0.2, -0.15) is 8.78 Å². The summed E-state index contributed by atoms with van der Waals surface area (Å²) in [5.74, 6) is -3.60. The lowest BCUT2D eigenvalue weighted by molar-refractivity contribution is -0.114. The molecule has 2 N–H and O–H groups in total. The predicted molar refractivity (Wildman–Crippen MR) is 106 cm³/mol. The van der Waals surface area contributed by atoms with Crippen molar-refractivity contribution in [2.75, 3.05) is 17.7 Å². The molecular formula is C18H18F2N6O2S. The Morgan fingerprint density at radius 1 is 1.21 bits per heavy atom. The zero-order chi connectivity index (χ0) is 21.2. The van der Waals surface area contributed by atoms with Gasteiger partial charge in [-0.25, -0.2) is 19.9 Å². The Hall–Kier alpha value is -3.21. The monoisotopic (exact) mass is 420 g/mol. The van der Waals surface area contributed by atoms with Crippen molar-refractivity contribution in [3.63, 3.8) is 0 Å². The van der Waals surface area contributed by atoms with Crippen LogP contribution in [0.15, 0.2) is 23.7 Å². The maximum atomic E-state index is 13.7. The van der Waals surface area contributed by atoms with Gasteiger partial charge in [-0.15, -0.1) is 0 Å². The molecule has 0 saturated carbocycles. The van der Waals surface area contributed by atoms with Crippen molar-refractivity contribution in [1.29, 1.82) is 0 Å². The molecule has 0 aromatic carbocycles. The molecule has 8 nitrogen and oxygen atoms in total. The van der Waals surface area contributed by atoms with Gasteiger partial charge in [0.15, 0.2) is 0 Å². The standard InChI is InChI=1S/C18H18F2N6O2S/c1-9-5-15(26-16(22-9)18(3,19)20)24-12-6-14(23-10(2)27)21-7-11(12)13-8-29-17(25-13)28-4/h5-8H,1-4H3,(H2,21,22,23,24,26,27). The van der Waals surface area contributed by atoms with Crippen LogP contribution in [-0.2, 0) is 10.7 Å². The largest absolute Gasteiger partial charge is 0.473 e. The van der Waals surface area contributed by atoms with E-state index in [9.17, 15) is 13.6 Å². The lowest BCUT2D eigenvalue weighted by atomic mass is 10.2. The van der Waals surface area contributed by atoms with E-state index in [1.54, 1.807) is 24.4 Å². The summed E-state index contributed by atoms with van der Waals surface area (Å²) in [5.41, 5.74) is 2.01. The average molecular weight is 420 g/mol. The van der Waals surface area contributed by atoms with E-state index >= 15 is 0 Å². The number of alkyl halides is 2. The van der Waals surface area contributed by atoms with Crippen LogP contribution in [0.25, 0.3) is 11.3 Å². The van der Waals surface area contributed by atoms with E-state index in [0.717, 1.165) is 6.92 Å². The highest BCUT2D eigenvalue weighted by Crippen LogP contribution is 2.34. The van der Waals surface area contributed by atoms with Crippen LogP contribution in [0.4, 0.5) is 26.1 Å². The molecular weight excluding hydrogens is 402 g/mol. The number of halogens is 2. The highest BCUT2D eigenvalue weighted by molar-refractivity contribution is 7.11. The van der Waals surface area contributed by atoms with Crippen molar-refractivity contribution in [3.05, 3.63) is 35.2 Å². The molecule has 0 aliphatic heterocycles. The summed E-state index contributed by atoms with van der Waals surface area (Å²) in [6, 6.07) is 3.11. The fourth-order valence-electron chi connectivity index (χ4n) is 2.45. The number of thiazole rings is 1. The van der Waals surface area contributed by atoms with Gasteiger partial charge < -0.3 is 15.4 Å². The lowest BCUT2D eigenvalue weighted by Gasteiger charge is -2.15. The average Bonchev–Trinajstić information content (AvgIpc) is 3.09. The fourth-order valence-corrected chi connectivity index (χ4v) is 3.09. The smallest absolute Gasteiger partial charge is 0.303 e. The molecule has 0 unspecified atom stereocenters. The number of anilines is 3. The first-order chi connectivity index (χ1) is 13.7.